The van der Waals surface area contributed by atoms with Crippen LogP contribution in [0.3, 0.4) is 0 Å². The third-order valence-electron chi connectivity index (χ3n) is 5.79. The van der Waals surface area contributed by atoms with Crippen molar-refractivity contribution in [3.05, 3.63) is 59.4 Å². The number of imide groups is 1. The topological polar surface area (TPSA) is 119 Å². The first-order valence-corrected chi connectivity index (χ1v) is 12.1. The summed E-state index contributed by atoms with van der Waals surface area (Å²) in [5.41, 5.74) is 1.65. The van der Waals surface area contributed by atoms with Crippen molar-refractivity contribution in [2.75, 3.05) is 14.1 Å². The van der Waals surface area contributed by atoms with Crippen LogP contribution >= 0.6 is 0 Å². The van der Waals surface area contributed by atoms with Gasteiger partial charge < -0.3 is 9.30 Å². The Morgan fingerprint density at radius 2 is 1.71 bits per heavy atom. The van der Waals surface area contributed by atoms with Gasteiger partial charge in [-0.05, 0) is 44.2 Å². The number of fused-ring (bicyclic) bond motifs is 2. The molecule has 0 saturated carbocycles. The largest absolute Gasteiger partial charge is 0.456 e. The number of esters is 1. The van der Waals surface area contributed by atoms with Gasteiger partial charge in [-0.2, -0.15) is 0 Å². The summed E-state index contributed by atoms with van der Waals surface area (Å²) in [6, 6.07) is 9.92. The predicted molar refractivity (Wildman–Crippen MR) is 122 cm³/mol. The highest BCUT2D eigenvalue weighted by Gasteiger charge is 2.41. The number of aromatic nitrogens is 2. The number of amides is 2. The molecule has 1 aliphatic heterocycles. The van der Waals surface area contributed by atoms with E-state index in [4.69, 9.17) is 4.74 Å². The summed E-state index contributed by atoms with van der Waals surface area (Å²) < 4.78 is 33.2. The molecular weight excluding hydrogens is 460 g/mol. The van der Waals surface area contributed by atoms with Crippen molar-refractivity contribution in [2.45, 2.75) is 37.9 Å². The van der Waals surface area contributed by atoms with Gasteiger partial charge in [0.2, 0.25) is 10.0 Å². The van der Waals surface area contributed by atoms with Crippen LogP contribution in [0.2, 0.25) is 0 Å². The minimum Gasteiger partial charge on any atom is -0.456 e. The standard InChI is InChI=1S/C23H24N4O6S/c1-5-26-19-11-10-15(34(31,32)25(3)4)12-18(19)24-20(26)13-33-23(30)14(2)27-21(28)16-8-6-7-9-17(16)22(27)29/h6-12,14H,5,13H2,1-4H3. The molecule has 0 fully saturated rings. The molecule has 3 aromatic rings. The normalized spacial score (nSPS) is 14.7. The molecule has 178 valence electrons. The third kappa shape index (κ3) is 3.76. The molecule has 2 aromatic carbocycles. The molecule has 0 N–H and O–H groups in total. The number of aryl methyl sites for hydroxylation is 1. The van der Waals surface area contributed by atoms with E-state index in [1.165, 1.54) is 33.2 Å². The smallest absolute Gasteiger partial charge is 0.329 e. The molecule has 2 amide bonds. The average Bonchev–Trinajstić information content (AvgIpc) is 3.30. The second-order valence-corrected chi connectivity index (χ2v) is 10.2. The van der Waals surface area contributed by atoms with E-state index in [1.807, 2.05) is 6.92 Å². The van der Waals surface area contributed by atoms with Crippen molar-refractivity contribution in [3.8, 4) is 0 Å². The van der Waals surface area contributed by atoms with Crippen LogP contribution in [0.25, 0.3) is 11.0 Å². The zero-order chi connectivity index (χ0) is 24.8. The summed E-state index contributed by atoms with van der Waals surface area (Å²) in [6.45, 7) is 3.63. The number of carbonyl (C=O) groups is 3. The molecule has 1 aromatic heterocycles. The van der Waals surface area contributed by atoms with Crippen LogP contribution < -0.4 is 0 Å². The first kappa shape index (κ1) is 23.6. The lowest BCUT2D eigenvalue weighted by atomic mass is 10.1. The maximum Gasteiger partial charge on any atom is 0.329 e. The first-order chi connectivity index (χ1) is 16.1. The maximum atomic E-state index is 12.7. The van der Waals surface area contributed by atoms with Gasteiger partial charge in [-0.1, -0.05) is 12.1 Å². The first-order valence-electron chi connectivity index (χ1n) is 10.6. The van der Waals surface area contributed by atoms with Gasteiger partial charge in [0.15, 0.2) is 0 Å². The molecule has 10 nitrogen and oxygen atoms in total. The third-order valence-corrected chi connectivity index (χ3v) is 7.60. The Balaban J connectivity index is 1.54. The molecule has 2 heterocycles. The number of nitrogens with zero attached hydrogens (tertiary/aromatic N) is 4. The number of sulfonamides is 1. The van der Waals surface area contributed by atoms with Crippen LogP contribution in [0.5, 0.6) is 0 Å². The number of hydrogen-bond donors (Lipinski definition) is 0. The van der Waals surface area contributed by atoms with Crippen molar-refractivity contribution in [2.24, 2.45) is 0 Å². The van der Waals surface area contributed by atoms with Crippen LogP contribution in [0.4, 0.5) is 0 Å². The van der Waals surface area contributed by atoms with Crippen LogP contribution in [0.15, 0.2) is 47.4 Å². The highest BCUT2D eigenvalue weighted by atomic mass is 32.2. The van der Waals surface area contributed by atoms with E-state index in [1.54, 1.807) is 34.9 Å². The van der Waals surface area contributed by atoms with Crippen LogP contribution in [-0.2, 0) is 32.7 Å². The monoisotopic (exact) mass is 484 g/mol. The second kappa shape index (κ2) is 8.65. The van der Waals surface area contributed by atoms with Crippen molar-refractivity contribution in [1.29, 1.82) is 0 Å². The summed E-state index contributed by atoms with van der Waals surface area (Å²) in [7, 11) is -0.731. The zero-order valence-corrected chi connectivity index (χ0v) is 20.0. The molecule has 1 aliphatic rings. The molecule has 0 radical (unpaired) electrons. The van der Waals surface area contributed by atoms with E-state index in [-0.39, 0.29) is 22.6 Å². The highest BCUT2D eigenvalue weighted by molar-refractivity contribution is 7.89. The van der Waals surface area contributed by atoms with E-state index in [9.17, 15) is 22.8 Å². The summed E-state index contributed by atoms with van der Waals surface area (Å²) in [6.07, 6.45) is 0. The fraction of sp³-hybridized carbons (Fsp3) is 0.304. The summed E-state index contributed by atoms with van der Waals surface area (Å²) in [5.74, 6) is -1.42. The fourth-order valence-electron chi connectivity index (χ4n) is 3.92. The molecule has 0 aliphatic carbocycles. The molecule has 4 rings (SSSR count). The molecule has 1 atom stereocenters. The van der Waals surface area contributed by atoms with Gasteiger partial charge in [-0.25, -0.2) is 22.5 Å². The van der Waals surface area contributed by atoms with Crippen LogP contribution in [-0.4, -0.2) is 65.1 Å². The number of imidazole rings is 1. The van der Waals surface area contributed by atoms with E-state index >= 15 is 0 Å². The minimum atomic E-state index is -3.63. The number of carbonyl (C=O) groups excluding carboxylic acids is 3. The molecule has 0 spiro atoms. The summed E-state index contributed by atoms with van der Waals surface area (Å²) in [5, 5.41) is 0. The van der Waals surface area contributed by atoms with Gasteiger partial charge >= 0.3 is 5.97 Å². The Morgan fingerprint density at radius 1 is 1.09 bits per heavy atom. The molecular formula is C23H24N4O6S. The maximum absolute atomic E-state index is 12.7. The molecule has 0 saturated heterocycles. The highest BCUT2D eigenvalue weighted by Crippen LogP contribution is 2.26. The molecule has 0 bridgehead atoms. The lowest BCUT2D eigenvalue weighted by Gasteiger charge is -2.20. The molecule has 11 heteroatoms. The SMILES string of the molecule is CCn1c(COC(=O)C(C)N2C(=O)c3ccccc3C2=O)nc2cc(S(=O)(=O)N(C)C)ccc21. The van der Waals surface area contributed by atoms with Gasteiger partial charge in [-0.3, -0.25) is 14.5 Å². The number of hydrogen-bond acceptors (Lipinski definition) is 7. The van der Waals surface area contributed by atoms with Crippen molar-refractivity contribution < 1.29 is 27.5 Å². The number of ether oxygens (including phenoxy) is 1. The Labute approximate surface area is 196 Å². The van der Waals surface area contributed by atoms with E-state index in [2.05, 4.69) is 4.98 Å². The summed E-state index contributed by atoms with van der Waals surface area (Å²) in [4.78, 5) is 43.5. The van der Waals surface area contributed by atoms with Gasteiger partial charge in [-0.15, -0.1) is 0 Å². The second-order valence-electron chi connectivity index (χ2n) is 8.02. The van der Waals surface area contributed by atoms with E-state index < -0.39 is 33.8 Å². The van der Waals surface area contributed by atoms with Crippen molar-refractivity contribution >= 4 is 38.8 Å². The van der Waals surface area contributed by atoms with E-state index in [0.717, 1.165) is 9.21 Å². The van der Waals surface area contributed by atoms with Gasteiger partial charge in [0, 0.05) is 20.6 Å². The molecule has 1 unspecified atom stereocenters. The quantitative estimate of drug-likeness (QED) is 0.372. The van der Waals surface area contributed by atoms with Crippen molar-refractivity contribution in [3.63, 3.8) is 0 Å². The lowest BCUT2D eigenvalue weighted by Crippen LogP contribution is -2.43. The Morgan fingerprint density at radius 3 is 2.26 bits per heavy atom. The predicted octanol–water partition coefficient (Wildman–Crippen LogP) is 2.03. The lowest BCUT2D eigenvalue weighted by molar-refractivity contribution is -0.149. The van der Waals surface area contributed by atoms with Gasteiger partial charge in [0.1, 0.15) is 18.5 Å². The molecule has 34 heavy (non-hydrogen) atoms. The Kier molecular flexibility index (Phi) is 6.00. The Bertz CT molecular complexity index is 1390. The van der Waals surface area contributed by atoms with Crippen LogP contribution in [0.1, 0.15) is 40.4 Å². The summed E-state index contributed by atoms with van der Waals surface area (Å²) >= 11 is 0. The van der Waals surface area contributed by atoms with Gasteiger partial charge in [0.05, 0.1) is 27.1 Å². The number of benzene rings is 2. The van der Waals surface area contributed by atoms with Crippen molar-refractivity contribution in [1.82, 2.24) is 18.8 Å². The number of rotatable bonds is 7. The zero-order valence-electron chi connectivity index (χ0n) is 19.2. The Hall–Kier alpha value is -3.57. The average molecular weight is 485 g/mol. The minimum absolute atomic E-state index is 0.105. The van der Waals surface area contributed by atoms with Gasteiger partial charge in [0.25, 0.3) is 11.8 Å². The van der Waals surface area contributed by atoms with E-state index in [0.29, 0.717) is 23.4 Å². The van der Waals surface area contributed by atoms with Crippen LogP contribution in [0, 0.1) is 0 Å². The fourth-order valence-corrected chi connectivity index (χ4v) is 4.84.